The second kappa shape index (κ2) is 5.18. The topological polar surface area (TPSA) is 70.5 Å². The summed E-state index contributed by atoms with van der Waals surface area (Å²) in [5.41, 5.74) is 0.804. The largest absolute Gasteiger partial charge is 0.480 e. The molecular formula is C11H12N2O3S. The zero-order chi connectivity index (χ0) is 12.3. The third-order valence-corrected chi connectivity index (χ3v) is 3.58. The minimum Gasteiger partial charge on any atom is -0.480 e. The number of thioether (sulfide) groups is 1. The van der Waals surface area contributed by atoms with Gasteiger partial charge in [0.2, 0.25) is 5.91 Å². The van der Waals surface area contributed by atoms with Gasteiger partial charge in [-0.25, -0.2) is 4.79 Å². The first-order valence-corrected chi connectivity index (χ1v) is 6.33. The first kappa shape index (κ1) is 11.9. The second-order valence-corrected chi connectivity index (χ2v) is 4.76. The number of carboxylic acids is 1. The Labute approximate surface area is 103 Å². The van der Waals surface area contributed by atoms with Crippen molar-refractivity contribution in [2.24, 2.45) is 0 Å². The minimum absolute atomic E-state index is 0.157. The molecule has 17 heavy (non-hydrogen) atoms. The van der Waals surface area contributed by atoms with Gasteiger partial charge < -0.3 is 10.0 Å². The molecule has 5 nitrogen and oxygen atoms in total. The van der Waals surface area contributed by atoms with Crippen LogP contribution in [0.1, 0.15) is 5.56 Å². The highest BCUT2D eigenvalue weighted by molar-refractivity contribution is 7.99. The van der Waals surface area contributed by atoms with Crippen molar-refractivity contribution >= 4 is 23.6 Å². The minimum atomic E-state index is -0.936. The van der Waals surface area contributed by atoms with Crippen LogP contribution in [0.5, 0.6) is 0 Å². The lowest BCUT2D eigenvalue weighted by Gasteiger charge is -2.20. The number of aliphatic carboxylic acids is 1. The van der Waals surface area contributed by atoms with Gasteiger partial charge in [-0.2, -0.15) is 0 Å². The number of hydrogen-bond acceptors (Lipinski definition) is 4. The van der Waals surface area contributed by atoms with Crippen molar-refractivity contribution in [3.63, 3.8) is 0 Å². The van der Waals surface area contributed by atoms with Gasteiger partial charge in [0.25, 0.3) is 0 Å². The van der Waals surface area contributed by atoms with Crippen LogP contribution in [0.2, 0.25) is 0 Å². The predicted octanol–water partition coefficient (Wildman–Crippen LogP) is 0.610. The van der Waals surface area contributed by atoms with Gasteiger partial charge in [-0.05, 0) is 11.6 Å². The van der Waals surface area contributed by atoms with E-state index < -0.39 is 12.0 Å². The molecule has 0 aromatic carbocycles. The van der Waals surface area contributed by atoms with E-state index in [2.05, 4.69) is 4.98 Å². The molecule has 1 amide bonds. The highest BCUT2D eigenvalue weighted by Crippen LogP contribution is 2.21. The van der Waals surface area contributed by atoms with Crippen molar-refractivity contribution in [2.75, 3.05) is 11.6 Å². The van der Waals surface area contributed by atoms with E-state index in [4.69, 9.17) is 5.11 Å². The number of hydrogen-bond donors (Lipinski definition) is 1. The maximum atomic E-state index is 12.0. The summed E-state index contributed by atoms with van der Waals surface area (Å²) in [6, 6.07) is 2.88. The van der Waals surface area contributed by atoms with Gasteiger partial charge in [-0.1, -0.05) is 6.07 Å². The molecule has 1 fully saturated rings. The smallest absolute Gasteiger partial charge is 0.327 e. The van der Waals surface area contributed by atoms with E-state index in [0.29, 0.717) is 11.6 Å². The van der Waals surface area contributed by atoms with E-state index in [9.17, 15) is 9.59 Å². The number of carboxylic acid groups (broad SMARTS) is 1. The second-order valence-electron chi connectivity index (χ2n) is 3.76. The van der Waals surface area contributed by atoms with Crippen molar-refractivity contribution in [3.05, 3.63) is 30.1 Å². The van der Waals surface area contributed by atoms with Crippen LogP contribution >= 0.6 is 11.8 Å². The number of rotatable bonds is 3. The van der Waals surface area contributed by atoms with Gasteiger partial charge in [0.05, 0.1) is 12.3 Å². The SMILES string of the molecule is O=C(O)[C@@H]1CSCN1C(=O)Cc1cccnc1. The highest BCUT2D eigenvalue weighted by atomic mass is 32.2. The fraction of sp³-hybridized carbons (Fsp3) is 0.364. The summed E-state index contributed by atoms with van der Waals surface area (Å²) >= 11 is 1.47. The van der Waals surface area contributed by atoms with Gasteiger partial charge in [0, 0.05) is 18.1 Å². The molecule has 0 bridgehead atoms. The van der Waals surface area contributed by atoms with Crippen LogP contribution in [-0.2, 0) is 16.0 Å². The molecule has 1 aliphatic heterocycles. The van der Waals surface area contributed by atoms with E-state index in [1.807, 2.05) is 6.07 Å². The Morgan fingerprint density at radius 1 is 1.59 bits per heavy atom. The molecule has 0 unspecified atom stereocenters. The van der Waals surface area contributed by atoms with Crippen LogP contribution < -0.4 is 0 Å². The van der Waals surface area contributed by atoms with Crippen molar-refractivity contribution in [3.8, 4) is 0 Å². The summed E-state index contributed by atoms with van der Waals surface area (Å²) in [5.74, 6) is -0.172. The van der Waals surface area contributed by atoms with E-state index in [1.165, 1.54) is 16.7 Å². The number of pyridine rings is 1. The molecule has 1 N–H and O–H groups in total. The Hall–Kier alpha value is -1.56. The fourth-order valence-corrected chi connectivity index (χ4v) is 2.84. The summed E-state index contributed by atoms with van der Waals surface area (Å²) in [6.07, 6.45) is 3.47. The normalized spacial score (nSPS) is 19.3. The van der Waals surface area contributed by atoms with Gasteiger partial charge in [0.1, 0.15) is 6.04 Å². The molecule has 6 heteroatoms. The first-order valence-electron chi connectivity index (χ1n) is 5.17. The van der Waals surface area contributed by atoms with Gasteiger partial charge in [-0.15, -0.1) is 11.8 Å². The molecule has 90 valence electrons. The Bertz CT molecular complexity index is 424. The van der Waals surface area contributed by atoms with Crippen molar-refractivity contribution in [2.45, 2.75) is 12.5 Å². The molecule has 1 aromatic rings. The summed E-state index contributed by atoms with van der Waals surface area (Å²) < 4.78 is 0. The van der Waals surface area contributed by atoms with Crippen molar-refractivity contribution in [1.82, 2.24) is 9.88 Å². The Morgan fingerprint density at radius 3 is 3.06 bits per heavy atom. The lowest BCUT2D eigenvalue weighted by molar-refractivity contribution is -0.147. The first-order chi connectivity index (χ1) is 8.18. The molecule has 0 saturated carbocycles. The average Bonchev–Trinajstić information content (AvgIpc) is 2.79. The third-order valence-electron chi connectivity index (χ3n) is 2.57. The monoisotopic (exact) mass is 252 g/mol. The Kier molecular flexibility index (Phi) is 3.63. The summed E-state index contributed by atoms with van der Waals surface area (Å²) in [5, 5.41) is 8.98. The summed E-state index contributed by atoms with van der Waals surface area (Å²) in [6.45, 7) is 0. The standard InChI is InChI=1S/C11H12N2O3S/c14-10(4-8-2-1-3-12-5-8)13-7-17-6-9(13)11(15)16/h1-3,5,9H,4,6-7H2,(H,15,16)/t9-/m0/s1. The van der Waals surface area contributed by atoms with Crippen LogP contribution in [0.4, 0.5) is 0 Å². The number of aromatic nitrogens is 1. The van der Waals surface area contributed by atoms with Crippen LogP contribution in [-0.4, -0.2) is 44.5 Å². The molecule has 0 spiro atoms. The Morgan fingerprint density at radius 2 is 2.41 bits per heavy atom. The van der Waals surface area contributed by atoms with E-state index in [-0.39, 0.29) is 12.3 Å². The maximum Gasteiger partial charge on any atom is 0.327 e. The van der Waals surface area contributed by atoms with Crippen molar-refractivity contribution in [1.29, 1.82) is 0 Å². The summed E-state index contributed by atoms with van der Waals surface area (Å²) in [4.78, 5) is 28.2. The lowest BCUT2D eigenvalue weighted by Crippen LogP contribution is -2.42. The Balaban J connectivity index is 2.03. The molecule has 0 aliphatic carbocycles. The van der Waals surface area contributed by atoms with Gasteiger partial charge in [0.15, 0.2) is 0 Å². The summed E-state index contributed by atoms with van der Waals surface area (Å²) in [7, 11) is 0. The highest BCUT2D eigenvalue weighted by Gasteiger charge is 2.34. The average molecular weight is 252 g/mol. The molecular weight excluding hydrogens is 240 g/mol. The molecule has 1 atom stereocenters. The van der Waals surface area contributed by atoms with Gasteiger partial charge in [-0.3, -0.25) is 9.78 Å². The number of nitrogens with zero attached hydrogens (tertiary/aromatic N) is 2. The molecule has 1 aromatic heterocycles. The van der Waals surface area contributed by atoms with Crippen molar-refractivity contribution < 1.29 is 14.7 Å². The zero-order valence-electron chi connectivity index (χ0n) is 9.07. The third kappa shape index (κ3) is 2.76. The van der Waals surface area contributed by atoms with Crippen LogP contribution in [0.25, 0.3) is 0 Å². The van der Waals surface area contributed by atoms with E-state index in [0.717, 1.165) is 5.56 Å². The van der Waals surface area contributed by atoms with Crippen LogP contribution in [0.3, 0.4) is 0 Å². The number of amides is 1. The maximum absolute atomic E-state index is 12.0. The van der Waals surface area contributed by atoms with Crippen LogP contribution in [0, 0.1) is 0 Å². The predicted molar refractivity (Wildman–Crippen MR) is 63.5 cm³/mol. The molecule has 2 rings (SSSR count). The van der Waals surface area contributed by atoms with Crippen LogP contribution in [0.15, 0.2) is 24.5 Å². The lowest BCUT2D eigenvalue weighted by atomic mass is 10.2. The molecule has 1 aliphatic rings. The molecule has 2 heterocycles. The zero-order valence-corrected chi connectivity index (χ0v) is 9.89. The molecule has 0 radical (unpaired) electrons. The number of carbonyl (C=O) groups excluding carboxylic acids is 1. The van der Waals surface area contributed by atoms with Gasteiger partial charge >= 0.3 is 5.97 Å². The number of carbonyl (C=O) groups is 2. The van der Waals surface area contributed by atoms with E-state index in [1.54, 1.807) is 18.5 Å². The fourth-order valence-electron chi connectivity index (χ4n) is 1.67. The molecule has 1 saturated heterocycles. The quantitative estimate of drug-likeness (QED) is 0.853. The van der Waals surface area contributed by atoms with E-state index >= 15 is 0 Å².